The van der Waals surface area contributed by atoms with E-state index in [2.05, 4.69) is 15.3 Å². The van der Waals surface area contributed by atoms with E-state index in [4.69, 9.17) is 16.9 Å². The third-order valence-corrected chi connectivity index (χ3v) is 2.42. The lowest BCUT2D eigenvalue weighted by atomic mass is 10.1. The zero-order chi connectivity index (χ0) is 13.8. The van der Waals surface area contributed by atoms with Gasteiger partial charge >= 0.3 is 0 Å². The van der Waals surface area contributed by atoms with Gasteiger partial charge in [0, 0.05) is 5.56 Å². The van der Waals surface area contributed by atoms with Gasteiger partial charge in [0.2, 0.25) is 5.28 Å². The number of aromatic nitrogens is 2. The Balaban J connectivity index is 2.21. The number of rotatable bonds is 2. The first-order valence-corrected chi connectivity index (χ1v) is 5.46. The minimum Gasteiger partial charge on any atom is -0.319 e. The molecule has 0 saturated heterocycles. The molecule has 0 saturated carbocycles. The van der Waals surface area contributed by atoms with E-state index in [9.17, 15) is 9.18 Å². The number of hydrogen-bond acceptors (Lipinski definition) is 4. The number of benzene rings is 1. The average molecular weight is 277 g/mol. The monoisotopic (exact) mass is 276 g/mol. The van der Waals surface area contributed by atoms with E-state index in [1.54, 1.807) is 6.07 Å². The summed E-state index contributed by atoms with van der Waals surface area (Å²) in [5.41, 5.74) is 0.310. The van der Waals surface area contributed by atoms with Crippen LogP contribution in [0.2, 0.25) is 5.28 Å². The van der Waals surface area contributed by atoms with Crippen molar-refractivity contribution in [3.63, 3.8) is 0 Å². The molecule has 0 unspecified atom stereocenters. The molecule has 0 spiro atoms. The van der Waals surface area contributed by atoms with Crippen LogP contribution < -0.4 is 5.32 Å². The average Bonchev–Trinajstić information content (AvgIpc) is 2.42. The Morgan fingerprint density at radius 3 is 2.68 bits per heavy atom. The van der Waals surface area contributed by atoms with Crippen molar-refractivity contribution < 1.29 is 9.18 Å². The van der Waals surface area contributed by atoms with E-state index < -0.39 is 11.7 Å². The normalized spacial score (nSPS) is 9.74. The molecule has 0 radical (unpaired) electrons. The predicted molar refractivity (Wildman–Crippen MR) is 66.1 cm³/mol. The van der Waals surface area contributed by atoms with E-state index in [0.717, 1.165) is 6.07 Å². The molecule has 1 aromatic carbocycles. The van der Waals surface area contributed by atoms with Crippen LogP contribution >= 0.6 is 11.6 Å². The van der Waals surface area contributed by atoms with Gasteiger partial charge in [-0.15, -0.1) is 0 Å². The summed E-state index contributed by atoms with van der Waals surface area (Å²) in [4.78, 5) is 19.2. The van der Waals surface area contributed by atoms with Crippen LogP contribution in [-0.4, -0.2) is 15.9 Å². The maximum absolute atomic E-state index is 13.1. The lowest BCUT2D eigenvalue weighted by Crippen LogP contribution is -2.12. The van der Waals surface area contributed by atoms with Gasteiger partial charge in [-0.3, -0.25) is 4.79 Å². The number of carbonyl (C=O) groups is 1. The molecule has 0 aliphatic carbocycles. The Labute approximate surface area is 112 Å². The molecule has 1 amide bonds. The fraction of sp³-hybridized carbons (Fsp3) is 0. The molecule has 19 heavy (non-hydrogen) atoms. The highest BCUT2D eigenvalue weighted by molar-refractivity contribution is 6.28. The van der Waals surface area contributed by atoms with Crippen molar-refractivity contribution in [3.8, 4) is 6.07 Å². The quantitative estimate of drug-likeness (QED) is 0.854. The number of carbonyl (C=O) groups excluding carboxylic acids is 1. The summed E-state index contributed by atoms with van der Waals surface area (Å²) in [7, 11) is 0. The Kier molecular flexibility index (Phi) is 3.68. The molecule has 5 nitrogen and oxygen atoms in total. The highest BCUT2D eigenvalue weighted by Crippen LogP contribution is 2.12. The molecule has 1 heterocycles. The van der Waals surface area contributed by atoms with Crippen LogP contribution in [0.1, 0.15) is 15.9 Å². The van der Waals surface area contributed by atoms with Crippen LogP contribution in [0.4, 0.5) is 10.1 Å². The molecule has 7 heteroatoms. The second-order valence-corrected chi connectivity index (χ2v) is 3.84. The number of nitrogens with zero attached hydrogens (tertiary/aromatic N) is 3. The summed E-state index contributed by atoms with van der Waals surface area (Å²) in [6.45, 7) is 0. The Hall–Kier alpha value is -2.52. The van der Waals surface area contributed by atoms with E-state index in [0.29, 0.717) is 5.69 Å². The van der Waals surface area contributed by atoms with Crippen molar-refractivity contribution in [1.82, 2.24) is 9.97 Å². The zero-order valence-corrected chi connectivity index (χ0v) is 10.1. The summed E-state index contributed by atoms with van der Waals surface area (Å²) in [6, 6.07) is 5.17. The molecule has 0 aliphatic rings. The summed E-state index contributed by atoms with van der Waals surface area (Å²) >= 11 is 5.51. The molecule has 1 N–H and O–H groups in total. The van der Waals surface area contributed by atoms with Crippen LogP contribution in [0.5, 0.6) is 0 Å². The van der Waals surface area contributed by atoms with Crippen molar-refractivity contribution in [1.29, 1.82) is 5.26 Å². The number of amides is 1. The van der Waals surface area contributed by atoms with Gasteiger partial charge in [-0.2, -0.15) is 5.26 Å². The molecule has 0 atom stereocenters. The number of halogens is 2. The third kappa shape index (κ3) is 3.03. The molecule has 2 rings (SSSR count). The fourth-order valence-corrected chi connectivity index (χ4v) is 1.43. The van der Waals surface area contributed by atoms with Gasteiger partial charge in [-0.1, -0.05) is 0 Å². The van der Waals surface area contributed by atoms with Crippen molar-refractivity contribution >= 4 is 23.2 Å². The van der Waals surface area contributed by atoms with Gasteiger partial charge in [0.15, 0.2) is 0 Å². The molecule has 1 aromatic heterocycles. The highest BCUT2D eigenvalue weighted by atomic mass is 35.5. The van der Waals surface area contributed by atoms with Crippen molar-refractivity contribution in [2.24, 2.45) is 0 Å². The number of nitriles is 1. The SMILES string of the molecule is N#Cc1cc(C(=O)Nc2cnc(Cl)nc2)ccc1F. The van der Waals surface area contributed by atoms with E-state index in [1.807, 2.05) is 0 Å². The van der Waals surface area contributed by atoms with Crippen molar-refractivity contribution in [2.75, 3.05) is 5.32 Å². The summed E-state index contributed by atoms with van der Waals surface area (Å²) < 4.78 is 13.1. The standard InChI is InChI=1S/C12H6ClFN4O/c13-12-16-5-9(6-17-12)18-11(19)7-1-2-10(14)8(3-7)4-15/h1-3,5-6H,(H,18,19). The summed E-state index contributed by atoms with van der Waals surface area (Å²) in [5.74, 6) is -1.17. The maximum Gasteiger partial charge on any atom is 0.255 e. The summed E-state index contributed by atoms with van der Waals surface area (Å²) in [5, 5.41) is 11.3. The third-order valence-electron chi connectivity index (χ3n) is 2.23. The van der Waals surface area contributed by atoms with E-state index >= 15 is 0 Å². The highest BCUT2D eigenvalue weighted by Gasteiger charge is 2.10. The Morgan fingerprint density at radius 2 is 2.05 bits per heavy atom. The van der Waals surface area contributed by atoms with Crippen molar-refractivity contribution in [2.45, 2.75) is 0 Å². The molecule has 0 aliphatic heterocycles. The second kappa shape index (κ2) is 5.42. The fourth-order valence-electron chi connectivity index (χ4n) is 1.33. The Morgan fingerprint density at radius 1 is 1.37 bits per heavy atom. The number of anilines is 1. The van der Waals surface area contributed by atoms with Gasteiger partial charge in [0.05, 0.1) is 23.6 Å². The summed E-state index contributed by atoms with van der Waals surface area (Å²) in [6.07, 6.45) is 2.67. The van der Waals surface area contributed by atoms with Crippen molar-refractivity contribution in [3.05, 3.63) is 52.8 Å². The molecule has 2 aromatic rings. The van der Waals surface area contributed by atoms with Crippen LogP contribution in [0.25, 0.3) is 0 Å². The zero-order valence-electron chi connectivity index (χ0n) is 9.39. The van der Waals surface area contributed by atoms with Gasteiger partial charge in [0.25, 0.3) is 5.91 Å². The van der Waals surface area contributed by atoms with Crippen LogP contribution in [0, 0.1) is 17.1 Å². The molecule has 0 bridgehead atoms. The number of nitrogens with one attached hydrogen (secondary N) is 1. The smallest absolute Gasteiger partial charge is 0.255 e. The number of hydrogen-bond donors (Lipinski definition) is 1. The molecular formula is C12H6ClFN4O. The van der Waals surface area contributed by atoms with Gasteiger partial charge < -0.3 is 5.32 Å². The van der Waals surface area contributed by atoms with Gasteiger partial charge in [-0.05, 0) is 29.8 Å². The molecule has 0 fully saturated rings. The van der Waals surface area contributed by atoms with Gasteiger partial charge in [-0.25, -0.2) is 14.4 Å². The Bertz CT molecular complexity index is 666. The van der Waals surface area contributed by atoms with E-state index in [-0.39, 0.29) is 16.4 Å². The topological polar surface area (TPSA) is 78.7 Å². The van der Waals surface area contributed by atoms with Crippen LogP contribution in [0.15, 0.2) is 30.6 Å². The molecular weight excluding hydrogens is 271 g/mol. The maximum atomic E-state index is 13.1. The first-order valence-electron chi connectivity index (χ1n) is 5.08. The largest absolute Gasteiger partial charge is 0.319 e. The lowest BCUT2D eigenvalue weighted by Gasteiger charge is -2.04. The minimum atomic E-state index is -0.672. The van der Waals surface area contributed by atoms with E-state index in [1.165, 1.54) is 24.5 Å². The minimum absolute atomic E-state index is 0.0616. The van der Waals surface area contributed by atoms with Crippen LogP contribution in [0.3, 0.4) is 0 Å². The lowest BCUT2D eigenvalue weighted by molar-refractivity contribution is 0.102. The first-order chi connectivity index (χ1) is 9.10. The second-order valence-electron chi connectivity index (χ2n) is 3.50. The first kappa shape index (κ1) is 12.9. The van der Waals surface area contributed by atoms with Crippen LogP contribution in [-0.2, 0) is 0 Å². The molecule has 94 valence electrons. The predicted octanol–water partition coefficient (Wildman–Crippen LogP) is 2.39. The van der Waals surface area contributed by atoms with Gasteiger partial charge in [0.1, 0.15) is 11.9 Å².